The highest BCUT2D eigenvalue weighted by Gasteiger charge is 2.19. The van der Waals surface area contributed by atoms with Gasteiger partial charge in [-0.3, -0.25) is 4.90 Å². The maximum atomic E-state index is 5.66. The average molecular weight is 255 g/mol. The van der Waals surface area contributed by atoms with E-state index in [2.05, 4.69) is 22.2 Å². The van der Waals surface area contributed by atoms with Crippen molar-refractivity contribution in [1.29, 1.82) is 0 Å². The Labute approximate surface area is 107 Å². The molecular weight excluding hydrogens is 234 g/mol. The van der Waals surface area contributed by atoms with Crippen LogP contribution in [-0.2, 0) is 17.7 Å². The predicted molar refractivity (Wildman–Crippen MR) is 70.2 cm³/mol. The third kappa shape index (κ3) is 3.74. The summed E-state index contributed by atoms with van der Waals surface area (Å²) in [6.07, 6.45) is 2.38. The zero-order valence-corrected chi connectivity index (χ0v) is 11.2. The largest absolute Gasteiger partial charge is 0.376 e. The number of nitrogens with zero attached hydrogens (tertiary/aromatic N) is 2. The second kappa shape index (κ2) is 6.44. The van der Waals surface area contributed by atoms with E-state index in [0.717, 1.165) is 44.1 Å². The van der Waals surface area contributed by atoms with Gasteiger partial charge in [0.25, 0.3) is 0 Å². The number of rotatable bonds is 5. The lowest BCUT2D eigenvalue weighted by Crippen LogP contribution is -2.41. The molecule has 2 heterocycles. The fourth-order valence-corrected chi connectivity index (χ4v) is 2.86. The second-order valence-electron chi connectivity index (χ2n) is 4.41. The van der Waals surface area contributed by atoms with E-state index < -0.39 is 0 Å². The van der Waals surface area contributed by atoms with Gasteiger partial charge in [-0.1, -0.05) is 6.92 Å². The minimum absolute atomic E-state index is 0.394. The Morgan fingerprint density at radius 2 is 2.53 bits per heavy atom. The molecule has 1 aromatic rings. The van der Waals surface area contributed by atoms with Crippen LogP contribution in [0.5, 0.6) is 0 Å². The van der Waals surface area contributed by atoms with Gasteiger partial charge in [-0.2, -0.15) is 0 Å². The molecule has 96 valence electrons. The van der Waals surface area contributed by atoms with Crippen LogP contribution >= 0.6 is 11.3 Å². The molecule has 1 saturated heterocycles. The number of aromatic nitrogens is 1. The molecule has 17 heavy (non-hydrogen) atoms. The van der Waals surface area contributed by atoms with Gasteiger partial charge < -0.3 is 10.5 Å². The van der Waals surface area contributed by atoms with Gasteiger partial charge >= 0.3 is 0 Å². The number of thiazole rings is 1. The summed E-state index contributed by atoms with van der Waals surface area (Å²) in [4.78, 5) is 7.03. The van der Waals surface area contributed by atoms with E-state index in [1.54, 1.807) is 11.3 Å². The highest BCUT2D eigenvalue weighted by Crippen LogP contribution is 2.15. The second-order valence-corrected chi connectivity index (χ2v) is 5.35. The standard InChI is InChI=1S/C12H21N3OS/c1-2-11-8-15(5-6-16-11)7-10-9-17-12(14-10)3-4-13/h9,11H,2-8,13H2,1H3. The van der Waals surface area contributed by atoms with E-state index in [1.165, 1.54) is 5.69 Å². The van der Waals surface area contributed by atoms with Crippen molar-refractivity contribution in [2.45, 2.75) is 32.4 Å². The van der Waals surface area contributed by atoms with Crippen molar-refractivity contribution in [2.75, 3.05) is 26.2 Å². The van der Waals surface area contributed by atoms with Gasteiger partial charge in [0.2, 0.25) is 0 Å². The first kappa shape index (κ1) is 13.0. The molecule has 1 fully saturated rings. The third-order valence-electron chi connectivity index (χ3n) is 3.02. The van der Waals surface area contributed by atoms with Crippen LogP contribution in [0.15, 0.2) is 5.38 Å². The number of morpholine rings is 1. The Morgan fingerprint density at radius 1 is 1.65 bits per heavy atom. The molecule has 2 N–H and O–H groups in total. The van der Waals surface area contributed by atoms with Crippen molar-refractivity contribution in [3.05, 3.63) is 16.1 Å². The summed E-state index contributed by atoms with van der Waals surface area (Å²) in [5, 5.41) is 3.31. The van der Waals surface area contributed by atoms with E-state index in [1.807, 2.05) is 0 Å². The van der Waals surface area contributed by atoms with E-state index in [-0.39, 0.29) is 0 Å². The van der Waals surface area contributed by atoms with E-state index in [4.69, 9.17) is 10.5 Å². The predicted octanol–water partition coefficient (Wildman–Crippen LogP) is 1.26. The van der Waals surface area contributed by atoms with Crippen molar-refractivity contribution in [3.63, 3.8) is 0 Å². The number of nitrogens with two attached hydrogens (primary N) is 1. The molecule has 1 aromatic heterocycles. The first-order valence-corrected chi connectivity index (χ1v) is 7.17. The lowest BCUT2D eigenvalue weighted by molar-refractivity contribution is -0.0327. The summed E-state index contributed by atoms with van der Waals surface area (Å²) in [7, 11) is 0. The first-order valence-electron chi connectivity index (χ1n) is 6.29. The lowest BCUT2D eigenvalue weighted by atomic mass is 10.2. The highest BCUT2D eigenvalue weighted by atomic mass is 32.1. The molecule has 1 aliphatic rings. The summed E-state index contributed by atoms with van der Waals surface area (Å²) in [6, 6.07) is 0. The number of hydrogen-bond donors (Lipinski definition) is 1. The van der Waals surface area contributed by atoms with Crippen molar-refractivity contribution >= 4 is 11.3 Å². The highest BCUT2D eigenvalue weighted by molar-refractivity contribution is 7.09. The first-order chi connectivity index (χ1) is 8.31. The molecule has 0 bridgehead atoms. The monoisotopic (exact) mass is 255 g/mol. The molecule has 0 radical (unpaired) electrons. The third-order valence-corrected chi connectivity index (χ3v) is 3.98. The quantitative estimate of drug-likeness (QED) is 0.860. The van der Waals surface area contributed by atoms with Crippen LogP contribution in [0.25, 0.3) is 0 Å². The van der Waals surface area contributed by atoms with Crippen molar-refractivity contribution < 1.29 is 4.74 Å². The van der Waals surface area contributed by atoms with Gasteiger partial charge in [0.15, 0.2) is 0 Å². The molecule has 5 heteroatoms. The van der Waals surface area contributed by atoms with Crippen molar-refractivity contribution in [2.24, 2.45) is 5.73 Å². The Kier molecular flexibility index (Phi) is 4.91. The van der Waals surface area contributed by atoms with Crippen LogP contribution in [0.4, 0.5) is 0 Å². The summed E-state index contributed by atoms with van der Waals surface area (Å²) in [6.45, 7) is 6.69. The van der Waals surface area contributed by atoms with Crippen LogP contribution in [-0.4, -0.2) is 42.2 Å². The Bertz CT molecular complexity index is 342. The van der Waals surface area contributed by atoms with Crippen LogP contribution in [0.1, 0.15) is 24.0 Å². The number of ether oxygens (including phenoxy) is 1. The van der Waals surface area contributed by atoms with Gasteiger partial charge in [-0.25, -0.2) is 4.98 Å². The maximum Gasteiger partial charge on any atom is 0.0941 e. The van der Waals surface area contributed by atoms with Crippen LogP contribution in [0.3, 0.4) is 0 Å². The smallest absolute Gasteiger partial charge is 0.0941 e. The SMILES string of the molecule is CCC1CN(Cc2csc(CCN)n2)CCO1. The molecular formula is C12H21N3OS. The van der Waals surface area contributed by atoms with Crippen LogP contribution in [0, 0.1) is 0 Å². The maximum absolute atomic E-state index is 5.66. The fourth-order valence-electron chi connectivity index (χ4n) is 2.06. The van der Waals surface area contributed by atoms with E-state index in [9.17, 15) is 0 Å². The normalized spacial score (nSPS) is 21.9. The molecule has 1 unspecified atom stereocenters. The Hall–Kier alpha value is -0.490. The average Bonchev–Trinajstić information content (AvgIpc) is 2.77. The lowest BCUT2D eigenvalue weighted by Gasteiger charge is -2.31. The van der Waals surface area contributed by atoms with Gasteiger partial charge in [0, 0.05) is 31.4 Å². The minimum Gasteiger partial charge on any atom is -0.376 e. The molecule has 0 saturated carbocycles. The minimum atomic E-state index is 0.394. The molecule has 4 nitrogen and oxygen atoms in total. The summed E-state index contributed by atoms with van der Waals surface area (Å²) < 4.78 is 5.66. The van der Waals surface area contributed by atoms with E-state index >= 15 is 0 Å². The van der Waals surface area contributed by atoms with Crippen LogP contribution < -0.4 is 5.73 Å². The van der Waals surface area contributed by atoms with E-state index in [0.29, 0.717) is 12.6 Å². The van der Waals surface area contributed by atoms with Crippen molar-refractivity contribution in [3.8, 4) is 0 Å². The molecule has 0 aliphatic carbocycles. The van der Waals surface area contributed by atoms with Gasteiger partial charge in [0.05, 0.1) is 23.4 Å². The molecule has 0 aromatic carbocycles. The molecule has 0 spiro atoms. The molecule has 2 rings (SSSR count). The Balaban J connectivity index is 1.86. The Morgan fingerprint density at radius 3 is 3.29 bits per heavy atom. The zero-order valence-electron chi connectivity index (χ0n) is 10.4. The summed E-state index contributed by atoms with van der Waals surface area (Å²) in [5.41, 5.74) is 6.71. The fraction of sp³-hybridized carbons (Fsp3) is 0.750. The zero-order chi connectivity index (χ0) is 12.1. The topological polar surface area (TPSA) is 51.4 Å². The van der Waals surface area contributed by atoms with Gasteiger partial charge in [-0.05, 0) is 13.0 Å². The summed E-state index contributed by atoms with van der Waals surface area (Å²) in [5.74, 6) is 0. The van der Waals surface area contributed by atoms with Gasteiger partial charge in [-0.15, -0.1) is 11.3 Å². The molecule has 1 aliphatic heterocycles. The van der Waals surface area contributed by atoms with Crippen LogP contribution in [0.2, 0.25) is 0 Å². The van der Waals surface area contributed by atoms with Gasteiger partial charge in [0.1, 0.15) is 0 Å². The van der Waals surface area contributed by atoms with Crippen molar-refractivity contribution in [1.82, 2.24) is 9.88 Å². The molecule has 1 atom stereocenters. The molecule has 0 amide bonds. The summed E-state index contributed by atoms with van der Waals surface area (Å²) >= 11 is 1.72. The number of hydrogen-bond acceptors (Lipinski definition) is 5.